The van der Waals surface area contributed by atoms with Gasteiger partial charge in [0.1, 0.15) is 5.92 Å². The van der Waals surface area contributed by atoms with Crippen LogP contribution >= 0.6 is 0 Å². The van der Waals surface area contributed by atoms with Crippen LogP contribution in [0.25, 0.3) is 0 Å². The van der Waals surface area contributed by atoms with Crippen molar-refractivity contribution in [2.45, 2.75) is 19.8 Å². The Bertz CT molecular complexity index is 637. The van der Waals surface area contributed by atoms with E-state index in [1.54, 1.807) is 6.92 Å². The molecule has 1 aromatic rings. The molecule has 0 fully saturated rings. The molecule has 0 aromatic heterocycles. The highest BCUT2D eigenvalue weighted by Crippen LogP contribution is 2.36. The van der Waals surface area contributed by atoms with Crippen LogP contribution in [-0.4, -0.2) is 11.6 Å². The molecule has 1 N–H and O–H groups in total. The number of nitriles is 2. The molecule has 100 valence electrons. The Kier molecular flexibility index (Phi) is 3.81. The number of hydrogen-bond acceptors (Lipinski definition) is 4. The molecule has 2 unspecified atom stereocenters. The normalized spacial score (nSPS) is 18.9. The van der Waals surface area contributed by atoms with Crippen molar-refractivity contribution in [3.8, 4) is 12.1 Å². The number of nitrogens with zero attached hydrogens (tertiary/aromatic N) is 3. The van der Waals surface area contributed by atoms with Gasteiger partial charge in [0.2, 0.25) is 5.91 Å². The van der Waals surface area contributed by atoms with E-state index < -0.39 is 17.8 Å². The lowest BCUT2D eigenvalue weighted by molar-refractivity contribution is -0.122. The molecule has 0 spiro atoms. The molecule has 1 aliphatic heterocycles. The van der Waals surface area contributed by atoms with Gasteiger partial charge in [-0.3, -0.25) is 4.79 Å². The highest BCUT2D eigenvalue weighted by molar-refractivity contribution is 6.07. The molecule has 0 bridgehead atoms. The van der Waals surface area contributed by atoms with Gasteiger partial charge in [0.05, 0.1) is 18.1 Å². The highest BCUT2D eigenvalue weighted by Gasteiger charge is 2.41. The van der Waals surface area contributed by atoms with E-state index >= 15 is 0 Å². The molecule has 2 atom stereocenters. The van der Waals surface area contributed by atoms with E-state index in [0.29, 0.717) is 5.71 Å². The second kappa shape index (κ2) is 5.54. The minimum atomic E-state index is -0.893. The maximum Gasteiger partial charge on any atom is 0.249 e. The third kappa shape index (κ3) is 2.26. The van der Waals surface area contributed by atoms with Gasteiger partial charge < -0.3 is 0 Å². The predicted molar refractivity (Wildman–Crippen MR) is 73.4 cm³/mol. The van der Waals surface area contributed by atoms with Crippen LogP contribution in [0.4, 0.5) is 0 Å². The van der Waals surface area contributed by atoms with Crippen LogP contribution in [0, 0.1) is 41.4 Å². The first kappa shape index (κ1) is 13.8. The van der Waals surface area contributed by atoms with Crippen molar-refractivity contribution >= 4 is 11.6 Å². The van der Waals surface area contributed by atoms with Crippen molar-refractivity contribution in [2.75, 3.05) is 0 Å². The summed E-state index contributed by atoms with van der Waals surface area (Å²) in [6.07, 6.45) is 0. The fraction of sp³-hybridized carbons (Fsp3) is 0.333. The zero-order valence-corrected chi connectivity index (χ0v) is 11.3. The minimum Gasteiger partial charge on any atom is -0.272 e. The van der Waals surface area contributed by atoms with Gasteiger partial charge in [0.15, 0.2) is 0 Å². The lowest BCUT2D eigenvalue weighted by atomic mass is 9.74. The predicted octanol–water partition coefficient (Wildman–Crippen LogP) is 1.86. The smallest absolute Gasteiger partial charge is 0.249 e. The molecular weight excluding hydrogens is 252 g/mol. The van der Waals surface area contributed by atoms with Crippen LogP contribution in [0.1, 0.15) is 24.0 Å². The summed E-state index contributed by atoms with van der Waals surface area (Å²) >= 11 is 0. The summed E-state index contributed by atoms with van der Waals surface area (Å²) in [5.74, 6) is -2.22. The number of amides is 1. The fourth-order valence-corrected chi connectivity index (χ4v) is 2.60. The van der Waals surface area contributed by atoms with E-state index in [4.69, 9.17) is 0 Å². The molecule has 5 nitrogen and oxygen atoms in total. The molecule has 0 saturated heterocycles. The Morgan fingerprint density at radius 3 is 2.40 bits per heavy atom. The Hall–Kier alpha value is -2.66. The molecule has 1 amide bonds. The second-order valence-electron chi connectivity index (χ2n) is 4.83. The Labute approximate surface area is 117 Å². The van der Waals surface area contributed by atoms with Gasteiger partial charge in [0, 0.05) is 11.6 Å². The molecule has 1 aliphatic rings. The first-order chi connectivity index (χ1) is 9.60. The summed E-state index contributed by atoms with van der Waals surface area (Å²) < 4.78 is 0. The molecule has 0 saturated carbocycles. The first-order valence-corrected chi connectivity index (χ1v) is 6.29. The van der Waals surface area contributed by atoms with E-state index in [2.05, 4.69) is 10.5 Å². The summed E-state index contributed by atoms with van der Waals surface area (Å²) in [4.78, 5) is 12.0. The van der Waals surface area contributed by atoms with Gasteiger partial charge in [-0.05, 0) is 25.0 Å². The summed E-state index contributed by atoms with van der Waals surface area (Å²) in [5, 5.41) is 22.4. The highest BCUT2D eigenvalue weighted by atomic mass is 16.2. The first-order valence-electron chi connectivity index (χ1n) is 6.29. The van der Waals surface area contributed by atoms with Gasteiger partial charge in [-0.2, -0.15) is 15.6 Å². The molecule has 1 heterocycles. The quantitative estimate of drug-likeness (QED) is 0.905. The maximum absolute atomic E-state index is 12.0. The lowest BCUT2D eigenvalue weighted by Crippen LogP contribution is -2.32. The van der Waals surface area contributed by atoms with Crippen LogP contribution in [0.5, 0.6) is 0 Å². The number of aryl methyl sites for hydroxylation is 1. The summed E-state index contributed by atoms with van der Waals surface area (Å²) in [6, 6.07) is 11.5. The SMILES string of the molecule is CC1=NNC(=O)C1C(c1ccccc1C)C(C#N)C#N. The van der Waals surface area contributed by atoms with Crippen molar-refractivity contribution in [1.29, 1.82) is 10.5 Å². The van der Waals surface area contributed by atoms with E-state index in [9.17, 15) is 15.3 Å². The van der Waals surface area contributed by atoms with Crippen molar-refractivity contribution in [3.63, 3.8) is 0 Å². The van der Waals surface area contributed by atoms with Crippen LogP contribution in [0.2, 0.25) is 0 Å². The molecule has 5 heteroatoms. The zero-order valence-electron chi connectivity index (χ0n) is 11.3. The number of benzene rings is 1. The van der Waals surface area contributed by atoms with Crippen molar-refractivity contribution < 1.29 is 4.79 Å². The largest absolute Gasteiger partial charge is 0.272 e. The zero-order chi connectivity index (χ0) is 14.7. The third-order valence-electron chi connectivity index (χ3n) is 3.62. The molecule has 20 heavy (non-hydrogen) atoms. The summed E-state index contributed by atoms with van der Waals surface area (Å²) in [7, 11) is 0. The molecule has 0 aliphatic carbocycles. The van der Waals surface area contributed by atoms with Crippen molar-refractivity contribution in [2.24, 2.45) is 16.9 Å². The third-order valence-corrected chi connectivity index (χ3v) is 3.62. The van der Waals surface area contributed by atoms with E-state index in [0.717, 1.165) is 11.1 Å². The Balaban J connectivity index is 2.55. The van der Waals surface area contributed by atoms with Gasteiger partial charge in [-0.15, -0.1) is 0 Å². The average Bonchev–Trinajstić information content (AvgIpc) is 2.77. The summed E-state index contributed by atoms with van der Waals surface area (Å²) in [6.45, 7) is 3.65. The minimum absolute atomic E-state index is 0.258. The standard InChI is InChI=1S/C15H14N4O/c1-9-5-3-4-6-12(9)14(11(7-16)8-17)13-10(2)18-19-15(13)20/h3-6,11,13-14H,1-2H3,(H,19,20). The Morgan fingerprint density at radius 2 is 1.90 bits per heavy atom. The average molecular weight is 266 g/mol. The van der Waals surface area contributed by atoms with Gasteiger partial charge in [-0.25, -0.2) is 5.43 Å². The molecule has 1 aromatic carbocycles. The number of hydrazone groups is 1. The van der Waals surface area contributed by atoms with Gasteiger partial charge in [-0.1, -0.05) is 24.3 Å². The van der Waals surface area contributed by atoms with Crippen LogP contribution < -0.4 is 5.43 Å². The van der Waals surface area contributed by atoms with Crippen molar-refractivity contribution in [3.05, 3.63) is 35.4 Å². The van der Waals surface area contributed by atoms with E-state index in [1.165, 1.54) is 0 Å². The molecular formula is C15H14N4O. The maximum atomic E-state index is 12.0. The Morgan fingerprint density at radius 1 is 1.25 bits per heavy atom. The number of carbonyl (C=O) groups is 1. The number of hydrogen-bond donors (Lipinski definition) is 1. The van der Waals surface area contributed by atoms with Gasteiger partial charge in [0.25, 0.3) is 0 Å². The van der Waals surface area contributed by atoms with Crippen LogP contribution in [-0.2, 0) is 4.79 Å². The second-order valence-corrected chi connectivity index (χ2v) is 4.83. The fourth-order valence-electron chi connectivity index (χ4n) is 2.60. The van der Waals surface area contributed by atoms with Gasteiger partial charge >= 0.3 is 0 Å². The van der Waals surface area contributed by atoms with Crippen molar-refractivity contribution in [1.82, 2.24) is 5.43 Å². The number of rotatable bonds is 3. The van der Waals surface area contributed by atoms with Crippen LogP contribution in [0.3, 0.4) is 0 Å². The van der Waals surface area contributed by atoms with Crippen LogP contribution in [0.15, 0.2) is 29.4 Å². The van der Waals surface area contributed by atoms with E-state index in [-0.39, 0.29) is 5.91 Å². The molecule has 2 rings (SSSR count). The summed E-state index contributed by atoms with van der Waals surface area (Å²) in [5.41, 5.74) is 4.84. The molecule has 0 radical (unpaired) electrons. The monoisotopic (exact) mass is 266 g/mol. The number of carbonyl (C=O) groups excluding carboxylic acids is 1. The number of nitrogens with one attached hydrogen (secondary N) is 1. The van der Waals surface area contributed by atoms with E-state index in [1.807, 2.05) is 43.3 Å². The topological polar surface area (TPSA) is 89.0 Å². The lowest BCUT2D eigenvalue weighted by Gasteiger charge is -2.24.